The number of nitrogens with zero attached hydrogens (tertiary/aromatic N) is 4. The quantitative estimate of drug-likeness (QED) is 0.138. The van der Waals surface area contributed by atoms with Crippen molar-refractivity contribution in [3.05, 3.63) is 71.5 Å². The molecule has 1 spiro atoms. The molecule has 6 N–H and O–H groups in total. The summed E-state index contributed by atoms with van der Waals surface area (Å²) in [7, 11) is -1.86. The number of aromatic nitrogens is 3. The molecule has 3 aromatic rings. The van der Waals surface area contributed by atoms with Crippen molar-refractivity contribution in [3.63, 3.8) is 0 Å². The first-order valence-electron chi connectivity index (χ1n) is 16.2. The second-order valence-electron chi connectivity index (χ2n) is 13.6. The lowest BCUT2D eigenvalue weighted by Crippen LogP contribution is -2.60. The summed E-state index contributed by atoms with van der Waals surface area (Å²) in [4.78, 5) is 28.6. The van der Waals surface area contributed by atoms with E-state index in [1.165, 1.54) is 11.0 Å². The zero-order chi connectivity index (χ0) is 35.4. The number of benzene rings is 2. The van der Waals surface area contributed by atoms with E-state index in [4.69, 9.17) is 9.47 Å². The van der Waals surface area contributed by atoms with Crippen molar-refractivity contribution in [2.75, 3.05) is 23.9 Å². The minimum atomic E-state index is -3.46. The molecule has 10 atom stereocenters. The van der Waals surface area contributed by atoms with E-state index in [-0.39, 0.29) is 24.1 Å². The SMILES string of the molecule is C[C@H]1[C@H]([Si](C)(C)F)[C@@H](CCn2cc(C(CO)c3ccccc3)nn2)O[C@]12C(=O)N(C)c1ccc(NC(=O)[C@H]3O[C@@H](O)[C@H](O)[C@@H](O)[C@@H]3O)cc12. The molecule has 6 rings (SSSR count). The van der Waals surface area contributed by atoms with E-state index in [1.807, 2.05) is 37.3 Å². The maximum atomic E-state index is 16.2. The van der Waals surface area contributed by atoms with Crippen LogP contribution >= 0.6 is 0 Å². The first-order valence-corrected chi connectivity index (χ1v) is 19.2. The number of aliphatic hydroxyl groups excluding tert-OH is 5. The third kappa shape index (κ3) is 6.09. The Morgan fingerprint density at radius 1 is 1.10 bits per heavy atom. The molecule has 0 bridgehead atoms. The highest BCUT2D eigenvalue weighted by atomic mass is 28.4. The zero-order valence-electron chi connectivity index (χ0n) is 27.5. The molecule has 1 unspecified atom stereocenters. The van der Waals surface area contributed by atoms with Gasteiger partial charge in [-0.2, -0.15) is 0 Å². The van der Waals surface area contributed by atoms with Gasteiger partial charge in [-0.1, -0.05) is 42.5 Å². The number of carbonyl (C=O) groups is 2. The van der Waals surface area contributed by atoms with Gasteiger partial charge >= 0.3 is 0 Å². The van der Waals surface area contributed by atoms with Gasteiger partial charge in [0, 0.05) is 42.5 Å². The standard InChI is InChI=1S/C33H42FN5O9Si/c1-17-29(49(3,4)34)24(12-13-39-15-22(36-37-39)20(16-40)18-8-6-5-7-9-18)48-33(17)21-14-19(10-11-23(21)38(2)32(33)46)35-30(44)28-26(42)25(41)27(43)31(45)47-28/h5-11,14-15,17,20,24-29,31,40-43,45H,12-13,16H2,1-4H3,(H,35,44)/t17-,20?,24+,25-,26-,27+,28-,29-,31+,33+/m0/s1. The van der Waals surface area contributed by atoms with Crippen LogP contribution in [0.15, 0.2) is 54.7 Å². The molecule has 2 aromatic carbocycles. The number of aryl methyl sites for hydroxylation is 1. The van der Waals surface area contributed by atoms with Gasteiger partial charge in [-0.3, -0.25) is 14.3 Å². The number of rotatable bonds is 9. The number of nitrogens with one attached hydrogen (secondary N) is 1. The van der Waals surface area contributed by atoms with Crippen molar-refractivity contribution < 1.29 is 48.7 Å². The number of hydrogen-bond donors (Lipinski definition) is 6. The second kappa shape index (κ2) is 13.3. The highest BCUT2D eigenvalue weighted by Crippen LogP contribution is 2.60. The Bertz CT molecular complexity index is 1690. The van der Waals surface area contributed by atoms with E-state index in [1.54, 1.807) is 43.2 Å². The van der Waals surface area contributed by atoms with Crippen molar-refractivity contribution in [2.45, 2.75) is 86.9 Å². The van der Waals surface area contributed by atoms with Crippen LogP contribution in [0, 0.1) is 5.92 Å². The van der Waals surface area contributed by atoms with Crippen molar-refractivity contribution in [2.24, 2.45) is 5.92 Å². The summed E-state index contributed by atoms with van der Waals surface area (Å²) >= 11 is 0. The van der Waals surface area contributed by atoms with E-state index in [0.717, 1.165) is 5.56 Å². The number of hydrogen-bond acceptors (Lipinski definition) is 11. The Labute approximate surface area is 283 Å². The van der Waals surface area contributed by atoms with Crippen molar-refractivity contribution in [3.8, 4) is 0 Å². The van der Waals surface area contributed by atoms with Gasteiger partial charge < -0.3 is 49.3 Å². The highest BCUT2D eigenvalue weighted by molar-refractivity contribution is 6.72. The molecule has 16 heteroatoms. The van der Waals surface area contributed by atoms with Gasteiger partial charge in [-0.25, -0.2) is 0 Å². The van der Waals surface area contributed by atoms with E-state index < -0.39 is 68.2 Å². The molecule has 1 aromatic heterocycles. The Kier molecular flexibility index (Phi) is 9.53. The number of fused-ring (bicyclic) bond motifs is 2. The first-order chi connectivity index (χ1) is 23.2. The molecule has 2 amide bonds. The molecule has 14 nitrogen and oxygen atoms in total. The number of likely N-dealkylation sites (N-methyl/N-ethyl adjacent to an activating group) is 1. The molecule has 4 heterocycles. The van der Waals surface area contributed by atoms with Gasteiger partial charge in [0.05, 0.1) is 30.0 Å². The molecule has 3 aliphatic rings. The van der Waals surface area contributed by atoms with E-state index in [0.29, 0.717) is 29.9 Å². The van der Waals surface area contributed by atoms with Gasteiger partial charge in [0.1, 0.15) is 18.3 Å². The van der Waals surface area contributed by atoms with E-state index in [2.05, 4.69) is 15.6 Å². The normalized spacial score (nSPS) is 32.0. The summed E-state index contributed by atoms with van der Waals surface area (Å²) in [6, 6.07) is 14.2. The number of anilines is 2. The minimum Gasteiger partial charge on any atom is -0.395 e. The van der Waals surface area contributed by atoms with Crippen molar-refractivity contribution >= 4 is 31.6 Å². The van der Waals surface area contributed by atoms with Crippen LogP contribution in [-0.4, -0.2) is 111 Å². The molecule has 0 radical (unpaired) electrons. The molecular weight excluding hydrogens is 657 g/mol. The number of amides is 2. The summed E-state index contributed by atoms with van der Waals surface area (Å²) in [5.74, 6) is -2.23. The fraction of sp³-hybridized carbons (Fsp3) is 0.515. The lowest BCUT2D eigenvalue weighted by molar-refractivity contribution is -0.274. The predicted molar refractivity (Wildman–Crippen MR) is 175 cm³/mol. The average Bonchev–Trinajstić information content (AvgIpc) is 3.72. The lowest BCUT2D eigenvalue weighted by Gasteiger charge is -2.37. The maximum absolute atomic E-state index is 16.2. The Balaban J connectivity index is 1.25. The molecule has 264 valence electrons. The van der Waals surface area contributed by atoms with Crippen LogP contribution in [0.2, 0.25) is 18.6 Å². The summed E-state index contributed by atoms with van der Waals surface area (Å²) < 4.78 is 29.6. The molecule has 3 aliphatic heterocycles. The summed E-state index contributed by atoms with van der Waals surface area (Å²) in [6.07, 6.45) is -7.65. The summed E-state index contributed by atoms with van der Waals surface area (Å²) in [5, 5.41) is 61.3. The van der Waals surface area contributed by atoms with Crippen LogP contribution in [0.4, 0.5) is 15.5 Å². The smallest absolute Gasteiger partial charge is 0.264 e. The summed E-state index contributed by atoms with van der Waals surface area (Å²) in [6.45, 7) is 5.16. The number of ether oxygens (including phenoxy) is 2. The molecule has 2 fully saturated rings. The zero-order valence-corrected chi connectivity index (χ0v) is 28.5. The van der Waals surface area contributed by atoms with Gasteiger partial charge in [0.2, 0.25) is 8.41 Å². The van der Waals surface area contributed by atoms with Gasteiger partial charge in [-0.15, -0.1) is 5.10 Å². The first kappa shape index (κ1) is 35.2. The van der Waals surface area contributed by atoms with Crippen molar-refractivity contribution in [1.82, 2.24) is 15.0 Å². The van der Waals surface area contributed by atoms with Gasteiger partial charge in [0.15, 0.2) is 18.0 Å². The maximum Gasteiger partial charge on any atom is 0.264 e. The number of halogens is 1. The average molecular weight is 700 g/mol. The van der Waals surface area contributed by atoms with Crippen molar-refractivity contribution in [1.29, 1.82) is 0 Å². The predicted octanol–water partition coefficient (Wildman–Crippen LogP) is 0.982. The van der Waals surface area contributed by atoms with Crippen LogP contribution < -0.4 is 10.2 Å². The fourth-order valence-corrected chi connectivity index (χ4v) is 10.2. The Morgan fingerprint density at radius 3 is 2.49 bits per heavy atom. The van der Waals surface area contributed by atoms with E-state index >= 15 is 4.11 Å². The van der Waals surface area contributed by atoms with E-state index in [9.17, 15) is 35.1 Å². The Hall–Kier alpha value is -3.61. The largest absolute Gasteiger partial charge is 0.395 e. The third-order valence-corrected chi connectivity index (χ3v) is 12.6. The van der Waals surface area contributed by atoms with Crippen LogP contribution in [0.1, 0.15) is 36.1 Å². The molecule has 49 heavy (non-hydrogen) atoms. The summed E-state index contributed by atoms with van der Waals surface area (Å²) in [5.41, 5.74) is 0.498. The van der Waals surface area contributed by atoms with Crippen LogP contribution in [0.5, 0.6) is 0 Å². The van der Waals surface area contributed by atoms with Crippen LogP contribution in [0.3, 0.4) is 0 Å². The topological polar surface area (TPSA) is 200 Å². The molecule has 0 saturated carbocycles. The highest BCUT2D eigenvalue weighted by Gasteiger charge is 2.66. The van der Waals surface area contributed by atoms with Crippen LogP contribution in [0.25, 0.3) is 0 Å². The van der Waals surface area contributed by atoms with Gasteiger partial charge in [0.25, 0.3) is 11.8 Å². The molecule has 0 aliphatic carbocycles. The van der Waals surface area contributed by atoms with Gasteiger partial charge in [-0.05, 0) is 43.3 Å². The molecular formula is C33H42FN5O9Si. The third-order valence-electron chi connectivity index (χ3n) is 10.1. The fourth-order valence-electron chi connectivity index (χ4n) is 7.69. The number of aliphatic hydroxyl groups is 5. The Morgan fingerprint density at radius 2 is 1.82 bits per heavy atom. The second-order valence-corrected chi connectivity index (χ2v) is 17.4. The number of carbonyl (C=O) groups excluding carboxylic acids is 2. The monoisotopic (exact) mass is 699 g/mol. The lowest BCUT2D eigenvalue weighted by atomic mass is 9.82. The van der Waals surface area contributed by atoms with Crippen LogP contribution in [-0.2, 0) is 31.2 Å². The molecule has 2 saturated heterocycles. The minimum absolute atomic E-state index is 0.156.